The predicted molar refractivity (Wildman–Crippen MR) is 83.5 cm³/mol. The van der Waals surface area contributed by atoms with E-state index in [0.29, 0.717) is 6.54 Å². The van der Waals surface area contributed by atoms with E-state index in [1.807, 2.05) is 0 Å². The summed E-state index contributed by atoms with van der Waals surface area (Å²) in [5.41, 5.74) is 10.9. The van der Waals surface area contributed by atoms with Gasteiger partial charge in [-0.1, -0.05) is 11.6 Å². The lowest BCUT2D eigenvalue weighted by Gasteiger charge is -2.05. The van der Waals surface area contributed by atoms with Gasteiger partial charge in [-0.2, -0.15) is 0 Å². The molecule has 0 radical (unpaired) electrons. The zero-order valence-electron chi connectivity index (χ0n) is 11.1. The number of hydrogen-bond acceptors (Lipinski definition) is 1. The third-order valence-electron chi connectivity index (χ3n) is 3.17. The van der Waals surface area contributed by atoms with Gasteiger partial charge in [-0.05, 0) is 61.8 Å². The van der Waals surface area contributed by atoms with Gasteiger partial charge in [0, 0.05) is 17.1 Å². The second kappa shape index (κ2) is 5.69. The Morgan fingerprint density at radius 2 is 2.11 bits per heavy atom. The normalized spacial score (nSPS) is 10.9. The van der Waals surface area contributed by atoms with Crippen LogP contribution >= 0.6 is 9.24 Å². The van der Waals surface area contributed by atoms with E-state index in [1.165, 1.54) is 32.9 Å². The minimum absolute atomic E-state index is 0.693. The number of fused-ring (bicyclic) bond motifs is 1. The van der Waals surface area contributed by atoms with Gasteiger partial charge in [-0.3, -0.25) is 0 Å². The molecule has 18 heavy (non-hydrogen) atoms. The lowest BCUT2D eigenvalue weighted by molar-refractivity contribution is 0.976. The molecular formula is C15H21N2P. The predicted octanol–water partition coefficient (Wildman–Crippen LogP) is 2.68. The van der Waals surface area contributed by atoms with Crippen molar-refractivity contribution >= 4 is 25.4 Å². The molecule has 2 aromatic rings. The first-order valence-electron chi connectivity index (χ1n) is 6.33. The minimum atomic E-state index is 0.693. The Hall–Kier alpha value is -1.11. The van der Waals surface area contributed by atoms with Gasteiger partial charge in [-0.25, -0.2) is 0 Å². The van der Waals surface area contributed by atoms with E-state index in [1.54, 1.807) is 0 Å². The number of aromatic nitrogens is 1. The molecule has 2 nitrogen and oxygen atoms in total. The van der Waals surface area contributed by atoms with Gasteiger partial charge in [0.05, 0.1) is 0 Å². The monoisotopic (exact) mass is 260 g/mol. The summed E-state index contributed by atoms with van der Waals surface area (Å²) in [6, 6.07) is 4.49. The Morgan fingerprint density at radius 1 is 1.33 bits per heavy atom. The van der Waals surface area contributed by atoms with Gasteiger partial charge in [0.25, 0.3) is 0 Å². The minimum Gasteiger partial charge on any atom is -0.361 e. The van der Waals surface area contributed by atoms with Crippen LogP contribution in [-0.2, 0) is 12.8 Å². The van der Waals surface area contributed by atoms with E-state index in [2.05, 4.69) is 52.5 Å². The van der Waals surface area contributed by atoms with E-state index in [9.17, 15) is 0 Å². The van der Waals surface area contributed by atoms with Crippen LogP contribution in [0.5, 0.6) is 0 Å². The van der Waals surface area contributed by atoms with Crippen molar-refractivity contribution in [3.05, 3.63) is 41.1 Å². The van der Waals surface area contributed by atoms with Gasteiger partial charge in [0.1, 0.15) is 0 Å². The number of benzene rings is 1. The summed E-state index contributed by atoms with van der Waals surface area (Å²) in [6.45, 7) is 4.96. The molecule has 3 N–H and O–H groups in total. The van der Waals surface area contributed by atoms with Crippen molar-refractivity contribution in [2.45, 2.75) is 26.7 Å². The van der Waals surface area contributed by atoms with Gasteiger partial charge in [0.2, 0.25) is 0 Å². The van der Waals surface area contributed by atoms with Gasteiger partial charge < -0.3 is 10.7 Å². The Labute approximate surface area is 111 Å². The number of aromatic amines is 1. The maximum Gasteiger partial charge on any atom is 0.0460 e. The second-order valence-electron chi connectivity index (χ2n) is 4.93. The van der Waals surface area contributed by atoms with Crippen LogP contribution in [0, 0.1) is 0 Å². The van der Waals surface area contributed by atoms with Crippen LogP contribution in [0.4, 0.5) is 0 Å². The fraction of sp³-hybridized carbons (Fsp3) is 0.333. The molecule has 1 unspecified atom stereocenters. The number of rotatable bonds is 4. The fourth-order valence-electron chi connectivity index (χ4n) is 2.14. The molecule has 0 fully saturated rings. The summed E-state index contributed by atoms with van der Waals surface area (Å²) in [7, 11) is 2.84. The summed E-state index contributed by atoms with van der Waals surface area (Å²) in [4.78, 5) is 3.34. The van der Waals surface area contributed by atoms with E-state index in [4.69, 9.17) is 5.73 Å². The third kappa shape index (κ3) is 2.82. The highest BCUT2D eigenvalue weighted by molar-refractivity contribution is 7.27. The third-order valence-corrected chi connectivity index (χ3v) is 3.71. The average Bonchev–Trinajstić information content (AvgIpc) is 2.69. The second-order valence-corrected chi connectivity index (χ2v) is 5.56. The zero-order chi connectivity index (χ0) is 13.1. The van der Waals surface area contributed by atoms with Crippen LogP contribution in [0.3, 0.4) is 0 Å². The molecule has 0 saturated carbocycles. The van der Waals surface area contributed by atoms with Crippen LogP contribution in [0.25, 0.3) is 10.9 Å². The van der Waals surface area contributed by atoms with Crippen molar-refractivity contribution in [2.24, 2.45) is 5.73 Å². The molecule has 0 bridgehead atoms. The van der Waals surface area contributed by atoms with Crippen LogP contribution in [0.15, 0.2) is 30.0 Å². The standard InChI is InChI=1S/C15H21N2P/c1-10(2)3-4-11-7-14-13(8-15(11)18)12(5-6-16)9-17-14/h3,7-9,17H,4-6,16,18H2,1-2H3. The molecule has 0 spiro atoms. The fourth-order valence-corrected chi connectivity index (χ4v) is 2.51. The molecule has 1 heterocycles. The molecule has 0 aliphatic carbocycles. The summed E-state index contributed by atoms with van der Waals surface area (Å²) in [5, 5.41) is 2.57. The molecule has 96 valence electrons. The van der Waals surface area contributed by atoms with Gasteiger partial charge >= 0.3 is 0 Å². The lowest BCUT2D eigenvalue weighted by Crippen LogP contribution is -2.04. The number of hydrogen-bond donors (Lipinski definition) is 2. The van der Waals surface area contributed by atoms with Crippen molar-refractivity contribution in [1.29, 1.82) is 0 Å². The van der Waals surface area contributed by atoms with Gasteiger partial charge in [-0.15, -0.1) is 9.24 Å². The average molecular weight is 260 g/mol. The van der Waals surface area contributed by atoms with E-state index in [0.717, 1.165) is 12.8 Å². The molecule has 1 aromatic carbocycles. The van der Waals surface area contributed by atoms with Crippen molar-refractivity contribution in [3.8, 4) is 0 Å². The molecule has 0 amide bonds. The summed E-state index contributed by atoms with van der Waals surface area (Å²) in [5.74, 6) is 0. The molecule has 1 atom stereocenters. The molecular weight excluding hydrogens is 239 g/mol. The first kappa shape index (κ1) is 13.3. The quantitative estimate of drug-likeness (QED) is 0.644. The zero-order valence-corrected chi connectivity index (χ0v) is 12.2. The highest BCUT2D eigenvalue weighted by Gasteiger charge is 2.06. The number of nitrogens with two attached hydrogens (primary N) is 1. The number of allylic oxidation sites excluding steroid dienone is 2. The van der Waals surface area contributed by atoms with Crippen molar-refractivity contribution in [1.82, 2.24) is 4.98 Å². The van der Waals surface area contributed by atoms with Crippen LogP contribution in [-0.4, -0.2) is 11.5 Å². The number of H-pyrrole nitrogens is 1. The van der Waals surface area contributed by atoms with Crippen molar-refractivity contribution in [3.63, 3.8) is 0 Å². The summed E-state index contributed by atoms with van der Waals surface area (Å²) >= 11 is 0. The maximum atomic E-state index is 5.63. The Morgan fingerprint density at radius 3 is 2.78 bits per heavy atom. The van der Waals surface area contributed by atoms with E-state index in [-0.39, 0.29) is 0 Å². The van der Waals surface area contributed by atoms with Crippen LogP contribution in [0.2, 0.25) is 0 Å². The molecule has 0 saturated heterocycles. The SMILES string of the molecule is CC(C)=CCc1cc2[nH]cc(CCN)c2cc1P. The van der Waals surface area contributed by atoms with E-state index < -0.39 is 0 Å². The molecule has 0 aliphatic heterocycles. The van der Waals surface area contributed by atoms with E-state index >= 15 is 0 Å². The van der Waals surface area contributed by atoms with Gasteiger partial charge in [0.15, 0.2) is 0 Å². The smallest absolute Gasteiger partial charge is 0.0460 e. The highest BCUT2D eigenvalue weighted by Crippen LogP contribution is 2.20. The molecule has 0 aliphatic rings. The summed E-state index contributed by atoms with van der Waals surface area (Å²) < 4.78 is 0. The Bertz CT molecular complexity index is 577. The van der Waals surface area contributed by atoms with Crippen molar-refractivity contribution < 1.29 is 0 Å². The first-order valence-corrected chi connectivity index (χ1v) is 6.91. The first-order chi connectivity index (χ1) is 8.61. The largest absolute Gasteiger partial charge is 0.361 e. The summed E-state index contributed by atoms with van der Waals surface area (Å²) in [6.07, 6.45) is 6.25. The number of nitrogens with one attached hydrogen (secondary N) is 1. The maximum absolute atomic E-state index is 5.63. The van der Waals surface area contributed by atoms with Crippen LogP contribution in [0.1, 0.15) is 25.0 Å². The molecule has 2 rings (SSSR count). The topological polar surface area (TPSA) is 41.8 Å². The lowest BCUT2D eigenvalue weighted by atomic mass is 10.1. The highest BCUT2D eigenvalue weighted by atomic mass is 31.0. The molecule has 1 aromatic heterocycles. The van der Waals surface area contributed by atoms with Crippen molar-refractivity contribution in [2.75, 3.05) is 6.54 Å². The Balaban J connectivity index is 2.41. The van der Waals surface area contributed by atoms with Crippen LogP contribution < -0.4 is 11.0 Å². The Kier molecular flexibility index (Phi) is 4.21. The molecule has 3 heteroatoms.